The Kier molecular flexibility index (Phi) is 4.48. The maximum absolute atomic E-state index is 12.8. The first-order chi connectivity index (χ1) is 10.1. The van der Waals surface area contributed by atoms with Gasteiger partial charge in [-0.25, -0.2) is 0 Å². The highest BCUT2D eigenvalue weighted by Gasteiger charge is 2.42. The number of likely N-dealkylation sites (tertiary alicyclic amines) is 1. The van der Waals surface area contributed by atoms with E-state index in [1.54, 1.807) is 17.8 Å². The van der Waals surface area contributed by atoms with Crippen LogP contribution in [-0.4, -0.2) is 35.7 Å². The number of nitrogens with zero attached hydrogens (tertiary/aromatic N) is 1. The topological polar surface area (TPSA) is 46.3 Å². The fraction of sp³-hybridized carbons (Fsp3) is 0.562. The van der Waals surface area contributed by atoms with E-state index in [0.29, 0.717) is 16.9 Å². The molecule has 1 saturated heterocycles. The number of hydrogen-bond acceptors (Lipinski definition) is 3. The maximum Gasteiger partial charge on any atom is 0.255 e. The first-order valence-corrected chi connectivity index (χ1v) is 8.93. The van der Waals surface area contributed by atoms with Crippen LogP contribution in [0.5, 0.6) is 0 Å². The SMILES string of the molecule is CCSc1ccc(Cl)cc1C(=O)N1CC2CCC(N)C2C1. The van der Waals surface area contributed by atoms with E-state index in [1.165, 1.54) is 0 Å². The molecule has 0 spiro atoms. The van der Waals surface area contributed by atoms with Crippen molar-refractivity contribution in [1.82, 2.24) is 4.90 Å². The number of thioether (sulfide) groups is 1. The molecule has 0 radical (unpaired) electrons. The fourth-order valence-corrected chi connectivity index (χ4v) is 4.54. The Bertz CT molecular complexity index is 551. The Hall–Kier alpha value is -0.710. The molecule has 3 unspecified atom stereocenters. The predicted molar refractivity (Wildman–Crippen MR) is 87.9 cm³/mol. The summed E-state index contributed by atoms with van der Waals surface area (Å²) in [7, 11) is 0. The standard InChI is InChI=1S/C16H21ClN2OS/c1-2-21-15-6-4-11(17)7-12(15)16(20)19-8-10-3-5-14(18)13(10)9-19/h4,6-7,10,13-14H,2-3,5,8-9,18H2,1H3. The minimum Gasteiger partial charge on any atom is -0.338 e. The maximum atomic E-state index is 12.8. The second-order valence-electron chi connectivity index (χ2n) is 5.95. The van der Waals surface area contributed by atoms with Crippen LogP contribution < -0.4 is 5.73 Å². The van der Waals surface area contributed by atoms with Crippen LogP contribution in [0, 0.1) is 11.8 Å². The van der Waals surface area contributed by atoms with E-state index in [2.05, 4.69) is 6.92 Å². The summed E-state index contributed by atoms with van der Waals surface area (Å²) in [6.07, 6.45) is 2.26. The molecule has 0 aromatic heterocycles. The Morgan fingerprint density at radius 3 is 2.95 bits per heavy atom. The van der Waals surface area contributed by atoms with Crippen molar-refractivity contribution in [2.24, 2.45) is 17.6 Å². The molecular formula is C16H21ClN2OS. The van der Waals surface area contributed by atoms with Gasteiger partial charge in [0.1, 0.15) is 0 Å². The van der Waals surface area contributed by atoms with Gasteiger partial charge in [0.25, 0.3) is 5.91 Å². The van der Waals surface area contributed by atoms with Crippen molar-refractivity contribution in [1.29, 1.82) is 0 Å². The molecule has 2 fully saturated rings. The van der Waals surface area contributed by atoms with E-state index in [9.17, 15) is 4.79 Å². The minimum absolute atomic E-state index is 0.107. The zero-order chi connectivity index (χ0) is 15.0. The molecular weight excluding hydrogens is 304 g/mol. The third-order valence-corrected chi connectivity index (χ3v) is 5.86. The Morgan fingerprint density at radius 1 is 1.43 bits per heavy atom. The molecule has 1 aromatic rings. The number of hydrogen-bond donors (Lipinski definition) is 1. The average molecular weight is 325 g/mol. The largest absolute Gasteiger partial charge is 0.338 e. The van der Waals surface area contributed by atoms with Crippen molar-refractivity contribution in [3.63, 3.8) is 0 Å². The second-order valence-corrected chi connectivity index (χ2v) is 7.69. The summed E-state index contributed by atoms with van der Waals surface area (Å²) in [5.41, 5.74) is 6.90. The smallest absolute Gasteiger partial charge is 0.255 e. The van der Waals surface area contributed by atoms with Crippen LogP contribution >= 0.6 is 23.4 Å². The zero-order valence-electron chi connectivity index (χ0n) is 12.2. The van der Waals surface area contributed by atoms with Gasteiger partial charge in [-0.05, 0) is 48.6 Å². The Labute approximate surface area is 135 Å². The molecule has 5 heteroatoms. The third kappa shape index (κ3) is 2.94. The molecule has 1 aliphatic heterocycles. The summed E-state index contributed by atoms with van der Waals surface area (Å²) >= 11 is 7.78. The number of halogens is 1. The monoisotopic (exact) mass is 324 g/mol. The molecule has 3 rings (SSSR count). The van der Waals surface area contributed by atoms with Crippen LogP contribution in [-0.2, 0) is 0 Å². The van der Waals surface area contributed by atoms with Gasteiger partial charge in [0.15, 0.2) is 0 Å². The summed E-state index contributed by atoms with van der Waals surface area (Å²) in [5.74, 6) is 2.12. The molecule has 3 atom stereocenters. The Balaban J connectivity index is 1.81. The van der Waals surface area contributed by atoms with Crippen molar-refractivity contribution in [2.45, 2.75) is 30.7 Å². The number of amides is 1. The lowest BCUT2D eigenvalue weighted by molar-refractivity contribution is 0.0776. The van der Waals surface area contributed by atoms with Gasteiger partial charge in [0.05, 0.1) is 5.56 Å². The highest BCUT2D eigenvalue weighted by Crippen LogP contribution is 2.38. The van der Waals surface area contributed by atoms with Crippen molar-refractivity contribution in [3.05, 3.63) is 28.8 Å². The van der Waals surface area contributed by atoms with E-state index in [0.717, 1.165) is 42.1 Å². The van der Waals surface area contributed by atoms with Crippen molar-refractivity contribution < 1.29 is 4.79 Å². The molecule has 1 aromatic carbocycles. The molecule has 1 heterocycles. The highest BCUT2D eigenvalue weighted by molar-refractivity contribution is 7.99. The summed E-state index contributed by atoms with van der Waals surface area (Å²) in [6.45, 7) is 3.74. The number of nitrogens with two attached hydrogens (primary N) is 1. The third-order valence-electron chi connectivity index (χ3n) is 4.67. The minimum atomic E-state index is 0.107. The molecule has 2 aliphatic rings. The van der Waals surface area contributed by atoms with Crippen molar-refractivity contribution in [3.8, 4) is 0 Å². The van der Waals surface area contributed by atoms with Crippen LogP contribution in [0.2, 0.25) is 5.02 Å². The van der Waals surface area contributed by atoms with Gasteiger partial charge < -0.3 is 10.6 Å². The molecule has 1 amide bonds. The molecule has 21 heavy (non-hydrogen) atoms. The van der Waals surface area contributed by atoms with E-state index in [4.69, 9.17) is 17.3 Å². The molecule has 0 bridgehead atoms. The lowest BCUT2D eigenvalue weighted by Crippen LogP contribution is -2.33. The van der Waals surface area contributed by atoms with Crippen molar-refractivity contribution in [2.75, 3.05) is 18.8 Å². The predicted octanol–water partition coefficient (Wildman–Crippen LogP) is 3.26. The molecule has 2 N–H and O–H groups in total. The molecule has 114 valence electrons. The average Bonchev–Trinajstić information content (AvgIpc) is 3.03. The summed E-state index contributed by atoms with van der Waals surface area (Å²) in [5, 5.41) is 0.620. The normalized spacial score (nSPS) is 28.0. The summed E-state index contributed by atoms with van der Waals surface area (Å²) in [4.78, 5) is 15.8. The lowest BCUT2D eigenvalue weighted by atomic mass is 9.98. The van der Waals surface area contributed by atoms with Crippen LogP contribution in [0.25, 0.3) is 0 Å². The molecule has 1 saturated carbocycles. The van der Waals surface area contributed by atoms with Crippen LogP contribution in [0.15, 0.2) is 23.1 Å². The van der Waals surface area contributed by atoms with E-state index >= 15 is 0 Å². The first kappa shape index (κ1) is 15.2. The second kappa shape index (κ2) is 6.19. The highest BCUT2D eigenvalue weighted by atomic mass is 35.5. The van der Waals surface area contributed by atoms with Gasteiger partial charge in [-0.1, -0.05) is 18.5 Å². The van der Waals surface area contributed by atoms with Crippen LogP contribution in [0.3, 0.4) is 0 Å². The number of carbonyl (C=O) groups excluding carboxylic acids is 1. The van der Waals surface area contributed by atoms with E-state index < -0.39 is 0 Å². The number of rotatable bonds is 3. The summed E-state index contributed by atoms with van der Waals surface area (Å²) in [6, 6.07) is 5.87. The van der Waals surface area contributed by atoms with E-state index in [-0.39, 0.29) is 11.9 Å². The van der Waals surface area contributed by atoms with Crippen molar-refractivity contribution >= 4 is 29.3 Å². The van der Waals surface area contributed by atoms with Gasteiger partial charge in [-0.3, -0.25) is 4.79 Å². The number of carbonyl (C=O) groups is 1. The number of fused-ring (bicyclic) bond motifs is 1. The van der Waals surface area contributed by atoms with Crippen LogP contribution in [0.4, 0.5) is 0 Å². The van der Waals surface area contributed by atoms with Crippen LogP contribution in [0.1, 0.15) is 30.1 Å². The number of benzene rings is 1. The van der Waals surface area contributed by atoms with Gasteiger partial charge in [-0.2, -0.15) is 0 Å². The van der Waals surface area contributed by atoms with Gasteiger partial charge in [0, 0.05) is 29.0 Å². The fourth-order valence-electron chi connectivity index (χ4n) is 3.59. The lowest BCUT2D eigenvalue weighted by Gasteiger charge is -2.20. The molecule has 1 aliphatic carbocycles. The van der Waals surface area contributed by atoms with E-state index in [1.807, 2.05) is 17.0 Å². The Morgan fingerprint density at radius 2 is 2.24 bits per heavy atom. The van der Waals surface area contributed by atoms with Gasteiger partial charge in [0.2, 0.25) is 0 Å². The summed E-state index contributed by atoms with van der Waals surface area (Å²) < 4.78 is 0. The van der Waals surface area contributed by atoms with Gasteiger partial charge >= 0.3 is 0 Å². The zero-order valence-corrected chi connectivity index (χ0v) is 13.8. The first-order valence-electron chi connectivity index (χ1n) is 7.57. The quantitative estimate of drug-likeness (QED) is 0.868. The molecule has 3 nitrogen and oxygen atoms in total. The van der Waals surface area contributed by atoms with Gasteiger partial charge in [-0.15, -0.1) is 11.8 Å².